The van der Waals surface area contributed by atoms with Crippen LogP contribution in [-0.2, 0) is 19.4 Å². The van der Waals surface area contributed by atoms with Gasteiger partial charge in [-0.2, -0.15) is 0 Å². The summed E-state index contributed by atoms with van der Waals surface area (Å²) in [7, 11) is 0. The van der Waals surface area contributed by atoms with E-state index in [2.05, 4.69) is 22.1 Å². The molecule has 172 valence electrons. The molecule has 1 N–H and O–H groups in total. The summed E-state index contributed by atoms with van der Waals surface area (Å²) in [6, 6.07) is 17.9. The summed E-state index contributed by atoms with van der Waals surface area (Å²) in [5.41, 5.74) is 6.17. The summed E-state index contributed by atoms with van der Waals surface area (Å²) in [5.74, 6) is -0.300. The van der Waals surface area contributed by atoms with Crippen molar-refractivity contribution >= 4 is 23.1 Å². The molecule has 2 amide bonds. The Kier molecular flexibility index (Phi) is 5.26. The Bertz CT molecular complexity index is 1390. The second kappa shape index (κ2) is 8.44. The van der Waals surface area contributed by atoms with Gasteiger partial charge >= 0.3 is 6.03 Å². The number of carbonyl (C=O) groups is 1. The van der Waals surface area contributed by atoms with Gasteiger partial charge in [0, 0.05) is 22.3 Å². The largest absolute Gasteiger partial charge is 0.322 e. The predicted molar refractivity (Wildman–Crippen MR) is 134 cm³/mol. The first-order valence-corrected chi connectivity index (χ1v) is 12.6. The Morgan fingerprint density at radius 1 is 1.03 bits per heavy atom. The average Bonchev–Trinajstić information content (AvgIpc) is 3.42. The Balaban J connectivity index is 1.51. The molecule has 6 heteroatoms. The van der Waals surface area contributed by atoms with Gasteiger partial charge in [-0.05, 0) is 79.6 Å². The van der Waals surface area contributed by atoms with Crippen LogP contribution in [0.25, 0.3) is 5.00 Å². The maximum Gasteiger partial charge on any atom is 0.322 e. The number of anilines is 1. The third kappa shape index (κ3) is 3.53. The van der Waals surface area contributed by atoms with E-state index in [9.17, 15) is 9.18 Å². The van der Waals surface area contributed by atoms with Gasteiger partial charge in [0.2, 0.25) is 0 Å². The highest BCUT2D eigenvalue weighted by Crippen LogP contribution is 2.44. The zero-order valence-corrected chi connectivity index (χ0v) is 19.9. The third-order valence-corrected chi connectivity index (χ3v) is 8.32. The molecule has 6 rings (SSSR count). The number of para-hydroxylation sites is 1. The number of halogens is 1. The molecule has 4 aromatic rings. The normalized spacial score (nSPS) is 16.9. The zero-order chi connectivity index (χ0) is 23.2. The van der Waals surface area contributed by atoms with Crippen molar-refractivity contribution in [2.75, 3.05) is 5.32 Å². The molecule has 0 saturated heterocycles. The number of hydrogen-bond acceptors (Lipinski definition) is 2. The van der Waals surface area contributed by atoms with Crippen LogP contribution in [0.2, 0.25) is 0 Å². The molecule has 1 atom stereocenters. The van der Waals surface area contributed by atoms with Crippen molar-refractivity contribution in [2.24, 2.45) is 0 Å². The van der Waals surface area contributed by atoms with Gasteiger partial charge in [0.05, 0.1) is 18.3 Å². The van der Waals surface area contributed by atoms with Crippen molar-refractivity contribution in [2.45, 2.75) is 45.2 Å². The number of urea groups is 1. The van der Waals surface area contributed by atoms with E-state index in [-0.39, 0.29) is 11.8 Å². The van der Waals surface area contributed by atoms with Crippen LogP contribution in [-0.4, -0.2) is 15.5 Å². The van der Waals surface area contributed by atoms with Gasteiger partial charge in [0.15, 0.2) is 0 Å². The highest BCUT2D eigenvalue weighted by Gasteiger charge is 2.36. The summed E-state index contributed by atoms with van der Waals surface area (Å²) in [6.45, 7) is 2.47. The lowest BCUT2D eigenvalue weighted by atomic mass is 9.95. The molecular weight excluding hydrogens is 445 g/mol. The highest BCUT2D eigenvalue weighted by molar-refractivity contribution is 7.15. The maximum absolute atomic E-state index is 14.4. The van der Waals surface area contributed by atoms with Crippen molar-refractivity contribution in [1.82, 2.24) is 9.47 Å². The molecule has 0 radical (unpaired) electrons. The van der Waals surface area contributed by atoms with Crippen LogP contribution in [0, 0.1) is 12.7 Å². The Morgan fingerprint density at radius 2 is 1.88 bits per heavy atom. The Hall–Kier alpha value is -3.38. The summed E-state index contributed by atoms with van der Waals surface area (Å²) in [4.78, 5) is 17.2. The number of amides is 2. The average molecular weight is 472 g/mol. The number of fused-ring (bicyclic) bond motifs is 5. The fourth-order valence-electron chi connectivity index (χ4n) is 5.31. The Morgan fingerprint density at radius 3 is 2.74 bits per heavy atom. The number of thiophene rings is 1. The van der Waals surface area contributed by atoms with Crippen LogP contribution in [0.5, 0.6) is 0 Å². The van der Waals surface area contributed by atoms with Crippen LogP contribution in [0.4, 0.5) is 14.9 Å². The molecule has 0 saturated carbocycles. The second-order valence-electron chi connectivity index (χ2n) is 9.13. The second-order valence-corrected chi connectivity index (χ2v) is 10.2. The minimum Gasteiger partial charge on any atom is -0.310 e. The van der Waals surface area contributed by atoms with Gasteiger partial charge in [-0.1, -0.05) is 30.3 Å². The zero-order valence-electron chi connectivity index (χ0n) is 19.1. The molecule has 2 aromatic heterocycles. The molecule has 34 heavy (non-hydrogen) atoms. The molecule has 2 aromatic carbocycles. The topological polar surface area (TPSA) is 37.3 Å². The van der Waals surface area contributed by atoms with Gasteiger partial charge < -0.3 is 14.8 Å². The highest BCUT2D eigenvalue weighted by atomic mass is 32.1. The molecule has 3 heterocycles. The van der Waals surface area contributed by atoms with Gasteiger partial charge in [-0.3, -0.25) is 0 Å². The number of hydrogen-bond donors (Lipinski definition) is 1. The molecule has 0 bridgehead atoms. The summed E-state index contributed by atoms with van der Waals surface area (Å²) in [6.07, 6.45) is 6.62. The van der Waals surface area contributed by atoms with E-state index in [1.54, 1.807) is 12.1 Å². The molecule has 0 spiro atoms. The molecule has 0 fully saturated rings. The first-order chi connectivity index (χ1) is 16.6. The van der Waals surface area contributed by atoms with E-state index in [4.69, 9.17) is 0 Å². The lowest BCUT2D eigenvalue weighted by molar-refractivity contribution is 0.194. The molecule has 1 aliphatic carbocycles. The molecule has 1 aliphatic heterocycles. The lowest BCUT2D eigenvalue weighted by Gasteiger charge is -2.31. The van der Waals surface area contributed by atoms with E-state index in [1.807, 2.05) is 59.6 Å². The van der Waals surface area contributed by atoms with Gasteiger partial charge in [0.1, 0.15) is 10.8 Å². The first kappa shape index (κ1) is 21.2. The van der Waals surface area contributed by atoms with Crippen molar-refractivity contribution in [3.8, 4) is 5.00 Å². The molecular formula is C28H26FN3OS. The number of aromatic nitrogens is 1. The number of nitrogens with one attached hydrogen (secondary N) is 1. The van der Waals surface area contributed by atoms with Gasteiger partial charge in [-0.15, -0.1) is 11.3 Å². The summed E-state index contributed by atoms with van der Waals surface area (Å²) < 4.78 is 16.6. The minimum absolute atomic E-state index is 0.181. The SMILES string of the molecule is Cc1ccccc1NC(=O)N1Cc2c(sc3c2CCCC3)-n2cccc2[C@H]1c1cccc(F)c1. The first-order valence-electron chi connectivity index (χ1n) is 11.8. The van der Waals surface area contributed by atoms with E-state index >= 15 is 0 Å². The standard InChI is InChI=1S/C28H26FN3OS/c1-18-8-2-4-12-23(18)30-28(33)32-17-22-21-11-3-5-14-25(21)34-27(22)31-15-7-13-24(31)26(32)19-9-6-10-20(29)16-19/h2,4,6-10,12-13,15-16,26H,3,5,11,14,17H2,1H3,(H,30,33)/t26-/m1/s1. The van der Waals surface area contributed by atoms with Gasteiger partial charge in [0.25, 0.3) is 0 Å². The fraction of sp³-hybridized carbons (Fsp3) is 0.250. The van der Waals surface area contributed by atoms with Crippen molar-refractivity contribution in [3.05, 3.63) is 106 Å². The van der Waals surface area contributed by atoms with Crippen LogP contribution in [0.15, 0.2) is 66.9 Å². The smallest absolute Gasteiger partial charge is 0.310 e. The van der Waals surface area contributed by atoms with Crippen molar-refractivity contribution in [1.29, 1.82) is 0 Å². The van der Waals surface area contributed by atoms with Crippen LogP contribution < -0.4 is 5.32 Å². The maximum atomic E-state index is 14.4. The predicted octanol–water partition coefficient (Wildman–Crippen LogP) is 7.00. The molecule has 0 unspecified atom stereocenters. The number of carbonyl (C=O) groups excluding carboxylic acids is 1. The number of nitrogens with zero attached hydrogens (tertiary/aromatic N) is 2. The fourth-order valence-corrected chi connectivity index (χ4v) is 6.72. The number of rotatable bonds is 2. The van der Waals surface area contributed by atoms with Crippen LogP contribution in [0.1, 0.15) is 51.7 Å². The van der Waals surface area contributed by atoms with E-state index in [1.165, 1.54) is 39.9 Å². The molecule has 4 nitrogen and oxygen atoms in total. The van der Waals surface area contributed by atoms with Crippen molar-refractivity contribution in [3.63, 3.8) is 0 Å². The number of aryl methyl sites for hydroxylation is 2. The van der Waals surface area contributed by atoms with Gasteiger partial charge in [-0.25, -0.2) is 9.18 Å². The quantitative estimate of drug-likeness (QED) is 0.336. The molecule has 2 aliphatic rings. The summed E-state index contributed by atoms with van der Waals surface area (Å²) in [5, 5.41) is 4.33. The van der Waals surface area contributed by atoms with Crippen LogP contribution >= 0.6 is 11.3 Å². The van der Waals surface area contributed by atoms with Crippen molar-refractivity contribution < 1.29 is 9.18 Å². The van der Waals surface area contributed by atoms with E-state index in [0.29, 0.717) is 6.54 Å². The van der Waals surface area contributed by atoms with E-state index < -0.39 is 6.04 Å². The van der Waals surface area contributed by atoms with Crippen LogP contribution in [0.3, 0.4) is 0 Å². The van der Waals surface area contributed by atoms with E-state index in [0.717, 1.165) is 35.3 Å². The Labute approximate surface area is 202 Å². The third-order valence-electron chi connectivity index (χ3n) is 6.99. The minimum atomic E-state index is -0.409. The monoisotopic (exact) mass is 471 g/mol. The lowest BCUT2D eigenvalue weighted by Crippen LogP contribution is -2.38. The summed E-state index contributed by atoms with van der Waals surface area (Å²) >= 11 is 1.85. The number of benzene rings is 2.